The Morgan fingerprint density at radius 2 is 1.78 bits per heavy atom. The molecule has 2 aromatic heterocycles. The molecule has 0 bridgehead atoms. The molecule has 2 aromatic carbocycles. The molecule has 114 valence electrons. The minimum Gasteiger partial charge on any atom is -0.187 e. The number of fused-ring (bicyclic) bond motifs is 1. The van der Waals surface area contributed by atoms with E-state index in [1.165, 1.54) is 11.3 Å². The lowest BCUT2D eigenvalue weighted by Crippen LogP contribution is -1.97. The van der Waals surface area contributed by atoms with E-state index in [9.17, 15) is 0 Å². The largest absolute Gasteiger partial charge is 0.234 e. The quantitative estimate of drug-likeness (QED) is 0.529. The first kappa shape index (κ1) is 14.6. The summed E-state index contributed by atoms with van der Waals surface area (Å²) in [4.78, 5) is 0.768. The van der Waals surface area contributed by atoms with Gasteiger partial charge in [-0.05, 0) is 29.8 Å². The Bertz CT molecular complexity index is 975. The van der Waals surface area contributed by atoms with Crippen LogP contribution in [0.2, 0.25) is 10.0 Å². The van der Waals surface area contributed by atoms with Gasteiger partial charge in [-0.1, -0.05) is 58.8 Å². The van der Waals surface area contributed by atoms with E-state index in [2.05, 4.69) is 15.3 Å². The van der Waals surface area contributed by atoms with Crippen molar-refractivity contribution in [2.75, 3.05) is 0 Å². The molecule has 0 aliphatic heterocycles. The summed E-state index contributed by atoms with van der Waals surface area (Å²) in [6, 6.07) is 15.3. The normalized spacial score (nSPS) is 11.2. The maximum Gasteiger partial charge on any atom is 0.234 e. The third-order valence-electron chi connectivity index (χ3n) is 3.40. The summed E-state index contributed by atoms with van der Waals surface area (Å²) in [6.07, 6.45) is 0.650. The highest BCUT2D eigenvalue weighted by Gasteiger charge is 2.13. The van der Waals surface area contributed by atoms with E-state index in [1.807, 2.05) is 48.5 Å². The van der Waals surface area contributed by atoms with Crippen molar-refractivity contribution in [2.24, 2.45) is 0 Å². The first-order valence-electron chi connectivity index (χ1n) is 6.90. The highest BCUT2D eigenvalue weighted by molar-refractivity contribution is 7.19. The predicted octanol–water partition coefficient (Wildman–Crippen LogP) is 4.75. The minimum atomic E-state index is 0.650. The van der Waals surface area contributed by atoms with Gasteiger partial charge in [0.2, 0.25) is 4.96 Å². The Morgan fingerprint density at radius 3 is 2.57 bits per heavy atom. The molecule has 0 atom stereocenters. The van der Waals surface area contributed by atoms with Crippen LogP contribution >= 0.6 is 34.5 Å². The van der Waals surface area contributed by atoms with Gasteiger partial charge in [0.15, 0.2) is 5.82 Å². The maximum absolute atomic E-state index is 6.05. The molecule has 0 saturated heterocycles. The van der Waals surface area contributed by atoms with E-state index >= 15 is 0 Å². The second kappa shape index (κ2) is 5.92. The Labute approximate surface area is 146 Å². The van der Waals surface area contributed by atoms with Crippen LogP contribution in [0.3, 0.4) is 0 Å². The van der Waals surface area contributed by atoms with Crippen molar-refractivity contribution in [1.29, 1.82) is 0 Å². The Kier molecular flexibility index (Phi) is 3.77. The number of aromatic nitrogens is 4. The van der Waals surface area contributed by atoms with Gasteiger partial charge in [-0.2, -0.15) is 9.61 Å². The van der Waals surface area contributed by atoms with Crippen LogP contribution in [0, 0.1) is 0 Å². The highest BCUT2D eigenvalue weighted by atomic mass is 35.5. The molecule has 0 spiro atoms. The van der Waals surface area contributed by atoms with Gasteiger partial charge in [0, 0.05) is 22.0 Å². The van der Waals surface area contributed by atoms with Gasteiger partial charge < -0.3 is 0 Å². The van der Waals surface area contributed by atoms with Crippen molar-refractivity contribution < 1.29 is 0 Å². The lowest BCUT2D eigenvalue weighted by atomic mass is 10.1. The Morgan fingerprint density at radius 1 is 0.957 bits per heavy atom. The van der Waals surface area contributed by atoms with Crippen molar-refractivity contribution in [2.45, 2.75) is 6.42 Å². The van der Waals surface area contributed by atoms with E-state index in [4.69, 9.17) is 23.2 Å². The number of rotatable bonds is 3. The molecule has 0 amide bonds. The molecule has 0 N–H and O–H groups in total. The molecule has 0 aliphatic rings. The second-order valence-electron chi connectivity index (χ2n) is 5.03. The predicted molar refractivity (Wildman–Crippen MR) is 93.4 cm³/mol. The first-order chi connectivity index (χ1) is 11.2. The van der Waals surface area contributed by atoms with E-state index in [0.29, 0.717) is 11.4 Å². The molecule has 23 heavy (non-hydrogen) atoms. The molecule has 0 radical (unpaired) electrons. The van der Waals surface area contributed by atoms with Crippen molar-refractivity contribution in [3.8, 4) is 10.6 Å². The van der Waals surface area contributed by atoms with Gasteiger partial charge in [-0.15, -0.1) is 10.2 Å². The summed E-state index contributed by atoms with van der Waals surface area (Å²) in [5, 5.41) is 15.3. The van der Waals surface area contributed by atoms with Gasteiger partial charge in [0.05, 0.1) is 0 Å². The summed E-state index contributed by atoms with van der Waals surface area (Å²) in [7, 11) is 0. The molecular formula is C16H10Cl2N4S. The van der Waals surface area contributed by atoms with Crippen molar-refractivity contribution >= 4 is 39.5 Å². The lowest BCUT2D eigenvalue weighted by Gasteiger charge is -1.99. The summed E-state index contributed by atoms with van der Waals surface area (Å²) >= 11 is 13.5. The smallest absolute Gasteiger partial charge is 0.187 e. The first-order valence-corrected chi connectivity index (χ1v) is 8.48. The molecule has 0 unspecified atom stereocenters. The van der Waals surface area contributed by atoms with Gasteiger partial charge in [-0.3, -0.25) is 0 Å². The van der Waals surface area contributed by atoms with Crippen LogP contribution < -0.4 is 0 Å². The molecular weight excluding hydrogens is 351 g/mol. The van der Waals surface area contributed by atoms with Crippen LogP contribution in [-0.4, -0.2) is 19.8 Å². The average Bonchev–Trinajstić information content (AvgIpc) is 3.11. The zero-order valence-electron chi connectivity index (χ0n) is 11.8. The number of hydrogen-bond acceptors (Lipinski definition) is 4. The number of hydrogen-bond donors (Lipinski definition) is 0. The van der Waals surface area contributed by atoms with Gasteiger partial charge >= 0.3 is 0 Å². The number of benzene rings is 2. The minimum absolute atomic E-state index is 0.650. The molecule has 4 rings (SSSR count). The van der Waals surface area contributed by atoms with Crippen LogP contribution in [0.15, 0.2) is 48.5 Å². The lowest BCUT2D eigenvalue weighted by molar-refractivity contribution is 0.854. The van der Waals surface area contributed by atoms with Crippen LogP contribution in [0.1, 0.15) is 11.4 Å². The molecule has 4 nitrogen and oxygen atoms in total. The average molecular weight is 361 g/mol. The zero-order chi connectivity index (χ0) is 15.8. The monoisotopic (exact) mass is 360 g/mol. The van der Waals surface area contributed by atoms with Crippen molar-refractivity contribution in [1.82, 2.24) is 19.8 Å². The van der Waals surface area contributed by atoms with E-state index < -0.39 is 0 Å². The third kappa shape index (κ3) is 2.95. The summed E-state index contributed by atoms with van der Waals surface area (Å²) in [5.74, 6) is 0.798. The zero-order valence-corrected chi connectivity index (χ0v) is 14.1. The Balaban J connectivity index is 1.70. The molecule has 2 heterocycles. The van der Waals surface area contributed by atoms with Crippen LogP contribution in [-0.2, 0) is 6.42 Å². The van der Waals surface area contributed by atoms with Crippen LogP contribution in [0.4, 0.5) is 0 Å². The van der Waals surface area contributed by atoms with E-state index in [1.54, 1.807) is 4.52 Å². The fourth-order valence-electron chi connectivity index (χ4n) is 2.29. The summed E-state index contributed by atoms with van der Waals surface area (Å²) in [5.41, 5.74) is 2.09. The van der Waals surface area contributed by atoms with E-state index in [-0.39, 0.29) is 0 Å². The molecule has 4 aromatic rings. The van der Waals surface area contributed by atoms with Gasteiger partial charge in [-0.25, -0.2) is 0 Å². The summed E-state index contributed by atoms with van der Waals surface area (Å²) in [6.45, 7) is 0. The fourth-order valence-corrected chi connectivity index (χ4v) is 3.46. The molecule has 0 aliphatic carbocycles. The fraction of sp³-hybridized carbons (Fsp3) is 0.0625. The Hall–Kier alpha value is -1.95. The second-order valence-corrected chi connectivity index (χ2v) is 6.86. The van der Waals surface area contributed by atoms with Crippen LogP contribution in [0.5, 0.6) is 0 Å². The highest BCUT2D eigenvalue weighted by Crippen LogP contribution is 2.27. The number of nitrogens with zero attached hydrogens (tertiary/aromatic N) is 4. The maximum atomic E-state index is 6.05. The standard InChI is InChI=1S/C16H10Cl2N4S/c17-12-6-4-10(5-7-12)8-14-19-20-16-22(14)21-15(23-16)11-2-1-3-13(18)9-11/h1-7,9H,8H2. The van der Waals surface area contributed by atoms with Crippen molar-refractivity contribution in [3.05, 3.63) is 70.0 Å². The number of halogens is 2. The van der Waals surface area contributed by atoms with Crippen LogP contribution in [0.25, 0.3) is 15.5 Å². The van der Waals surface area contributed by atoms with Crippen molar-refractivity contribution in [3.63, 3.8) is 0 Å². The van der Waals surface area contributed by atoms with Gasteiger partial charge in [0.1, 0.15) is 5.01 Å². The topological polar surface area (TPSA) is 43.1 Å². The molecule has 7 heteroatoms. The van der Waals surface area contributed by atoms with E-state index in [0.717, 1.165) is 31.9 Å². The molecule has 0 fully saturated rings. The SMILES string of the molecule is Clc1ccc(Cc2nnc3sc(-c4cccc(Cl)c4)nn23)cc1. The third-order valence-corrected chi connectivity index (χ3v) is 4.84. The van der Waals surface area contributed by atoms with Gasteiger partial charge in [0.25, 0.3) is 0 Å². The molecule has 0 saturated carbocycles. The summed E-state index contributed by atoms with van der Waals surface area (Å²) < 4.78 is 1.79.